The van der Waals surface area contributed by atoms with Crippen LogP contribution in [0.3, 0.4) is 0 Å². The Hall–Kier alpha value is -3.26. The molecule has 0 saturated heterocycles. The summed E-state index contributed by atoms with van der Waals surface area (Å²) in [6, 6.07) is 14.1. The van der Waals surface area contributed by atoms with Gasteiger partial charge in [0.15, 0.2) is 0 Å². The highest BCUT2D eigenvalue weighted by Crippen LogP contribution is 2.20. The molecule has 0 spiro atoms. The van der Waals surface area contributed by atoms with Crippen molar-refractivity contribution in [2.75, 3.05) is 0 Å². The van der Waals surface area contributed by atoms with Gasteiger partial charge in [-0.05, 0) is 43.7 Å². The number of halogens is 1. The van der Waals surface area contributed by atoms with Gasteiger partial charge in [0.25, 0.3) is 5.91 Å². The fourth-order valence-corrected chi connectivity index (χ4v) is 4.87. The third-order valence-corrected chi connectivity index (χ3v) is 6.59. The zero-order chi connectivity index (χ0) is 23.3. The second-order valence-corrected chi connectivity index (χ2v) is 9.59. The number of allylic oxidation sites excluding steroid dienone is 1. The molecule has 0 fully saturated rings. The third kappa shape index (κ3) is 5.31. The summed E-state index contributed by atoms with van der Waals surface area (Å²) in [5.74, 6) is -0.876. The Morgan fingerprint density at radius 1 is 1.16 bits per heavy atom. The molecular weight excluding hydrogens is 429 g/mol. The van der Waals surface area contributed by atoms with Crippen LogP contribution in [0.15, 0.2) is 78.6 Å². The summed E-state index contributed by atoms with van der Waals surface area (Å²) in [5, 5.41) is -0.0609. The maximum atomic E-state index is 13.3. The molecule has 8 heteroatoms. The van der Waals surface area contributed by atoms with Gasteiger partial charge in [-0.2, -0.15) is 0 Å². The van der Waals surface area contributed by atoms with Crippen molar-refractivity contribution in [1.29, 1.82) is 0 Å². The van der Waals surface area contributed by atoms with Crippen LogP contribution in [-0.2, 0) is 28.7 Å². The highest BCUT2D eigenvalue weighted by molar-refractivity contribution is 7.90. The van der Waals surface area contributed by atoms with E-state index in [1.54, 1.807) is 39.8 Å². The Bertz CT molecular complexity index is 1190. The van der Waals surface area contributed by atoms with Gasteiger partial charge >= 0.3 is 0 Å². The van der Waals surface area contributed by atoms with Crippen LogP contribution in [0, 0.1) is 5.82 Å². The summed E-state index contributed by atoms with van der Waals surface area (Å²) in [7, 11) is -3.72. The van der Waals surface area contributed by atoms with Gasteiger partial charge in [-0.15, -0.1) is 6.58 Å². The van der Waals surface area contributed by atoms with Crippen molar-refractivity contribution in [2.45, 2.75) is 43.9 Å². The summed E-state index contributed by atoms with van der Waals surface area (Å²) in [5.41, 5.74) is 1.59. The van der Waals surface area contributed by atoms with Crippen LogP contribution in [0.5, 0.6) is 0 Å². The summed E-state index contributed by atoms with van der Waals surface area (Å²) < 4.78 is 41.0. The molecular formula is C24H26FN3O3S. The van der Waals surface area contributed by atoms with E-state index in [2.05, 4.69) is 11.6 Å². The maximum absolute atomic E-state index is 13.3. The molecule has 0 aliphatic heterocycles. The van der Waals surface area contributed by atoms with Crippen LogP contribution in [0.2, 0.25) is 0 Å². The normalized spacial score (nSPS) is 11.5. The minimum absolute atomic E-state index is 0.0609. The predicted octanol–water partition coefficient (Wildman–Crippen LogP) is 4.23. The van der Waals surface area contributed by atoms with Crippen LogP contribution >= 0.6 is 0 Å². The zero-order valence-electron chi connectivity index (χ0n) is 18.1. The van der Waals surface area contributed by atoms with Crippen molar-refractivity contribution in [1.82, 2.24) is 14.5 Å². The standard InChI is InChI=1S/C24H26FN3O3S/c1-4-14-27-22(15-26-24(27)32(30,31)17-19-8-6-5-7-9-19)16-28(18(2)3)23(29)20-10-12-21(25)13-11-20/h4-13,15,18H,1,14,16-17H2,2-3H3. The van der Waals surface area contributed by atoms with Gasteiger partial charge in [-0.25, -0.2) is 17.8 Å². The number of nitrogens with zero attached hydrogens (tertiary/aromatic N) is 3. The minimum Gasteiger partial charge on any atom is -0.330 e. The first-order valence-corrected chi connectivity index (χ1v) is 11.9. The SMILES string of the molecule is C=CCn1c(CN(C(=O)c2ccc(F)cc2)C(C)C)cnc1S(=O)(=O)Cc1ccccc1. The van der Waals surface area contributed by atoms with Gasteiger partial charge in [0.1, 0.15) is 5.82 Å². The van der Waals surface area contributed by atoms with Crippen molar-refractivity contribution >= 4 is 15.7 Å². The van der Waals surface area contributed by atoms with E-state index in [4.69, 9.17) is 0 Å². The second kappa shape index (κ2) is 9.91. The van der Waals surface area contributed by atoms with Crippen LogP contribution in [0.4, 0.5) is 4.39 Å². The van der Waals surface area contributed by atoms with Gasteiger partial charge in [0, 0.05) is 18.2 Å². The first kappa shape index (κ1) is 23.4. The Morgan fingerprint density at radius 2 is 1.81 bits per heavy atom. The van der Waals surface area contributed by atoms with E-state index < -0.39 is 15.7 Å². The molecule has 0 aliphatic rings. The topological polar surface area (TPSA) is 72.3 Å². The molecule has 3 rings (SSSR count). The van der Waals surface area contributed by atoms with Crippen LogP contribution in [-0.4, -0.2) is 34.8 Å². The lowest BCUT2D eigenvalue weighted by atomic mass is 10.1. The summed E-state index contributed by atoms with van der Waals surface area (Å²) in [6.07, 6.45) is 3.07. The number of aromatic nitrogens is 2. The molecule has 1 aromatic heterocycles. The van der Waals surface area contributed by atoms with Crippen molar-refractivity contribution in [3.8, 4) is 0 Å². The number of rotatable bonds is 9. The zero-order valence-corrected chi connectivity index (χ0v) is 18.9. The highest BCUT2D eigenvalue weighted by Gasteiger charge is 2.26. The van der Waals surface area contributed by atoms with Crippen LogP contribution in [0.25, 0.3) is 0 Å². The first-order valence-electron chi connectivity index (χ1n) is 10.2. The van der Waals surface area contributed by atoms with E-state index in [0.29, 0.717) is 16.8 Å². The van der Waals surface area contributed by atoms with Crippen LogP contribution < -0.4 is 0 Å². The average molecular weight is 456 g/mol. The van der Waals surface area contributed by atoms with E-state index in [0.717, 1.165) is 0 Å². The van der Waals surface area contributed by atoms with Gasteiger partial charge in [-0.1, -0.05) is 36.4 Å². The lowest BCUT2D eigenvalue weighted by Gasteiger charge is -2.27. The van der Waals surface area contributed by atoms with E-state index in [1.165, 1.54) is 30.5 Å². The van der Waals surface area contributed by atoms with Gasteiger partial charge in [-0.3, -0.25) is 4.79 Å². The van der Waals surface area contributed by atoms with E-state index in [1.807, 2.05) is 19.9 Å². The molecule has 168 valence electrons. The molecule has 6 nitrogen and oxygen atoms in total. The molecule has 0 bridgehead atoms. The maximum Gasteiger partial charge on any atom is 0.254 e. The number of hydrogen-bond donors (Lipinski definition) is 0. The average Bonchev–Trinajstić information content (AvgIpc) is 3.16. The number of imidazole rings is 1. The number of carbonyl (C=O) groups excluding carboxylic acids is 1. The summed E-state index contributed by atoms with van der Waals surface area (Å²) in [6.45, 7) is 7.84. The predicted molar refractivity (Wildman–Crippen MR) is 121 cm³/mol. The van der Waals surface area contributed by atoms with Crippen molar-refractivity contribution < 1.29 is 17.6 Å². The fraction of sp³-hybridized carbons (Fsp3) is 0.250. The van der Waals surface area contributed by atoms with Gasteiger partial charge in [0.05, 0.1) is 24.2 Å². The lowest BCUT2D eigenvalue weighted by Crippen LogP contribution is -2.37. The number of hydrogen-bond acceptors (Lipinski definition) is 4. The minimum atomic E-state index is -3.72. The molecule has 0 N–H and O–H groups in total. The molecule has 2 aromatic carbocycles. The van der Waals surface area contributed by atoms with Crippen molar-refractivity contribution in [2.24, 2.45) is 0 Å². The van der Waals surface area contributed by atoms with Crippen molar-refractivity contribution in [3.63, 3.8) is 0 Å². The number of benzene rings is 2. The molecule has 0 aliphatic carbocycles. The molecule has 0 saturated carbocycles. The monoisotopic (exact) mass is 455 g/mol. The van der Waals surface area contributed by atoms with Gasteiger partial charge in [0.2, 0.25) is 15.0 Å². The Morgan fingerprint density at radius 3 is 2.41 bits per heavy atom. The van der Waals surface area contributed by atoms with Crippen LogP contribution in [0.1, 0.15) is 35.5 Å². The summed E-state index contributed by atoms with van der Waals surface area (Å²) >= 11 is 0. The molecule has 3 aromatic rings. The highest BCUT2D eigenvalue weighted by atomic mass is 32.2. The number of amides is 1. The smallest absolute Gasteiger partial charge is 0.254 e. The first-order chi connectivity index (χ1) is 15.2. The van der Waals surface area contributed by atoms with E-state index in [-0.39, 0.29) is 35.9 Å². The van der Waals surface area contributed by atoms with Crippen molar-refractivity contribution in [3.05, 3.63) is 96.1 Å². The molecule has 1 amide bonds. The lowest BCUT2D eigenvalue weighted by molar-refractivity contribution is 0.0685. The molecule has 0 unspecified atom stereocenters. The number of sulfone groups is 1. The Kier molecular flexibility index (Phi) is 7.25. The molecule has 32 heavy (non-hydrogen) atoms. The largest absolute Gasteiger partial charge is 0.330 e. The third-order valence-electron chi connectivity index (χ3n) is 5.00. The molecule has 0 atom stereocenters. The number of carbonyl (C=O) groups is 1. The molecule has 0 radical (unpaired) electrons. The Labute approximate surface area is 187 Å². The fourth-order valence-electron chi connectivity index (χ4n) is 3.37. The van der Waals surface area contributed by atoms with Gasteiger partial charge < -0.3 is 9.47 Å². The van der Waals surface area contributed by atoms with E-state index >= 15 is 0 Å². The van der Waals surface area contributed by atoms with E-state index in [9.17, 15) is 17.6 Å². The summed E-state index contributed by atoms with van der Waals surface area (Å²) in [4.78, 5) is 18.8. The quantitative estimate of drug-likeness (QED) is 0.453. The second-order valence-electron chi connectivity index (χ2n) is 7.71. The molecule has 1 heterocycles. The Balaban J connectivity index is 1.93.